The molecule has 2 N–H and O–H groups in total. The molecule has 0 amide bonds. The van der Waals surface area contributed by atoms with Crippen LogP contribution >= 0.6 is 11.6 Å². The second-order valence-electron chi connectivity index (χ2n) is 5.41. The predicted molar refractivity (Wildman–Crippen MR) is 80.3 cm³/mol. The average molecular weight is 300 g/mol. The second-order valence-corrected chi connectivity index (χ2v) is 5.78. The summed E-state index contributed by atoms with van der Waals surface area (Å²) in [7, 11) is 0. The van der Waals surface area contributed by atoms with Crippen molar-refractivity contribution >= 4 is 17.3 Å². The molecule has 5 nitrogen and oxygen atoms in total. The van der Waals surface area contributed by atoms with Crippen molar-refractivity contribution in [2.24, 2.45) is 5.92 Å². The van der Waals surface area contributed by atoms with Crippen molar-refractivity contribution in [3.05, 3.63) is 21.6 Å². The van der Waals surface area contributed by atoms with E-state index >= 15 is 0 Å². The summed E-state index contributed by atoms with van der Waals surface area (Å²) in [5, 5.41) is 16.4. The smallest absolute Gasteiger partial charge is 0.287 e. The van der Waals surface area contributed by atoms with Crippen LogP contribution in [0.2, 0.25) is 5.02 Å². The van der Waals surface area contributed by atoms with E-state index in [0.29, 0.717) is 11.7 Å². The third kappa shape index (κ3) is 3.52. The van der Waals surface area contributed by atoms with Crippen LogP contribution in [0.1, 0.15) is 39.0 Å². The fourth-order valence-corrected chi connectivity index (χ4v) is 3.03. The lowest BCUT2D eigenvalue weighted by Gasteiger charge is -2.29. The Kier molecular flexibility index (Phi) is 5.43. The van der Waals surface area contributed by atoms with Gasteiger partial charge in [0.05, 0.1) is 25.0 Å². The summed E-state index contributed by atoms with van der Waals surface area (Å²) in [5.74, 6) is 0.753. The molecule has 1 heterocycles. The predicted octanol–water partition coefficient (Wildman–Crippen LogP) is 2.27. The zero-order valence-electron chi connectivity index (χ0n) is 11.8. The fourth-order valence-electron chi connectivity index (χ4n) is 2.83. The summed E-state index contributed by atoms with van der Waals surface area (Å²) in [6.07, 6.45) is 7.50. The van der Waals surface area contributed by atoms with Crippen LogP contribution in [0.3, 0.4) is 0 Å². The Hall–Kier alpha value is -1.07. The Morgan fingerprint density at radius 3 is 3.05 bits per heavy atom. The summed E-state index contributed by atoms with van der Waals surface area (Å²) in [6.45, 7) is 2.26. The first kappa shape index (κ1) is 15.3. The van der Waals surface area contributed by atoms with Crippen LogP contribution in [-0.2, 0) is 6.54 Å². The molecule has 0 aliphatic heterocycles. The largest absolute Gasteiger partial charge is 0.394 e. The van der Waals surface area contributed by atoms with Gasteiger partial charge in [0, 0.05) is 6.04 Å². The maximum Gasteiger partial charge on any atom is 0.287 e. The van der Waals surface area contributed by atoms with E-state index in [9.17, 15) is 4.79 Å². The van der Waals surface area contributed by atoms with E-state index in [2.05, 4.69) is 17.3 Å². The summed E-state index contributed by atoms with van der Waals surface area (Å²) in [4.78, 5) is 12.0. The van der Waals surface area contributed by atoms with Gasteiger partial charge in [-0.05, 0) is 18.8 Å². The minimum Gasteiger partial charge on any atom is -0.394 e. The highest BCUT2D eigenvalue weighted by atomic mass is 35.5. The number of rotatable bonds is 5. The normalized spacial score (nSPS) is 22.8. The zero-order valence-corrected chi connectivity index (χ0v) is 12.6. The summed E-state index contributed by atoms with van der Waals surface area (Å²) < 4.78 is 1.18. The van der Waals surface area contributed by atoms with Crippen LogP contribution in [0.25, 0.3) is 0 Å². The SMILES string of the molecule is CCC1CCCC(Nc2cnn(CCO)c(=O)c2Cl)C1. The molecule has 2 rings (SSSR count). The molecular weight excluding hydrogens is 278 g/mol. The van der Waals surface area contributed by atoms with E-state index in [1.165, 1.54) is 23.9 Å². The van der Waals surface area contributed by atoms with E-state index in [1.54, 1.807) is 6.20 Å². The first-order chi connectivity index (χ1) is 9.65. The number of nitrogens with zero attached hydrogens (tertiary/aromatic N) is 2. The monoisotopic (exact) mass is 299 g/mol. The minimum absolute atomic E-state index is 0.128. The highest BCUT2D eigenvalue weighted by Gasteiger charge is 2.21. The van der Waals surface area contributed by atoms with Crippen molar-refractivity contribution in [1.82, 2.24) is 9.78 Å². The quantitative estimate of drug-likeness (QED) is 0.875. The zero-order chi connectivity index (χ0) is 14.5. The maximum absolute atomic E-state index is 12.0. The topological polar surface area (TPSA) is 67.2 Å². The number of halogens is 1. The van der Waals surface area contributed by atoms with Crippen molar-refractivity contribution in [2.45, 2.75) is 51.6 Å². The molecule has 1 aromatic heterocycles. The van der Waals surface area contributed by atoms with Gasteiger partial charge in [0.1, 0.15) is 5.02 Å². The Balaban J connectivity index is 2.10. The fraction of sp³-hybridized carbons (Fsp3) is 0.714. The van der Waals surface area contributed by atoms with E-state index < -0.39 is 0 Å². The second kappa shape index (κ2) is 7.09. The molecule has 2 unspecified atom stereocenters. The molecule has 1 saturated carbocycles. The number of nitrogens with one attached hydrogen (secondary N) is 1. The third-order valence-corrected chi connectivity index (χ3v) is 4.38. The van der Waals surface area contributed by atoms with Crippen LogP contribution in [0, 0.1) is 5.92 Å². The minimum atomic E-state index is -0.353. The Bertz CT molecular complexity index is 504. The van der Waals surface area contributed by atoms with Crippen LogP contribution in [0.15, 0.2) is 11.0 Å². The van der Waals surface area contributed by atoms with Gasteiger partial charge in [0.2, 0.25) is 0 Å². The molecule has 1 aliphatic rings. The first-order valence-electron chi connectivity index (χ1n) is 7.28. The molecule has 0 radical (unpaired) electrons. The third-order valence-electron chi connectivity index (χ3n) is 4.02. The molecule has 20 heavy (non-hydrogen) atoms. The standard InChI is InChI=1S/C14H22ClN3O2/c1-2-10-4-3-5-11(8-10)17-12-9-16-18(6-7-19)14(20)13(12)15/h9-11,17,19H,2-8H2,1H3. The summed E-state index contributed by atoms with van der Waals surface area (Å²) >= 11 is 6.11. The van der Waals surface area contributed by atoms with Gasteiger partial charge in [-0.3, -0.25) is 4.79 Å². The van der Waals surface area contributed by atoms with Crippen molar-refractivity contribution in [3.8, 4) is 0 Å². The van der Waals surface area contributed by atoms with Gasteiger partial charge in [0.15, 0.2) is 0 Å². The number of hydrogen-bond acceptors (Lipinski definition) is 4. The van der Waals surface area contributed by atoms with Crippen LogP contribution in [-0.4, -0.2) is 27.5 Å². The van der Waals surface area contributed by atoms with E-state index in [4.69, 9.17) is 16.7 Å². The molecule has 1 aliphatic carbocycles. The highest BCUT2D eigenvalue weighted by Crippen LogP contribution is 2.29. The molecule has 2 atom stereocenters. The van der Waals surface area contributed by atoms with Crippen LogP contribution in [0.4, 0.5) is 5.69 Å². The molecule has 112 valence electrons. The van der Waals surface area contributed by atoms with Crippen LogP contribution in [0.5, 0.6) is 0 Å². The van der Waals surface area contributed by atoms with Gasteiger partial charge >= 0.3 is 0 Å². The van der Waals surface area contributed by atoms with Crippen LogP contribution < -0.4 is 10.9 Å². The van der Waals surface area contributed by atoms with Gasteiger partial charge in [0.25, 0.3) is 5.56 Å². The molecule has 1 fully saturated rings. The number of hydrogen-bond donors (Lipinski definition) is 2. The van der Waals surface area contributed by atoms with Gasteiger partial charge < -0.3 is 10.4 Å². The Morgan fingerprint density at radius 2 is 2.35 bits per heavy atom. The number of aromatic nitrogens is 2. The van der Waals surface area contributed by atoms with Gasteiger partial charge in [-0.2, -0.15) is 5.10 Å². The van der Waals surface area contributed by atoms with Gasteiger partial charge in [-0.25, -0.2) is 4.68 Å². The molecule has 0 bridgehead atoms. The van der Waals surface area contributed by atoms with Crippen molar-refractivity contribution in [2.75, 3.05) is 11.9 Å². The van der Waals surface area contributed by atoms with E-state index in [1.807, 2.05) is 0 Å². The number of aliphatic hydroxyl groups excluding tert-OH is 1. The Morgan fingerprint density at radius 1 is 1.55 bits per heavy atom. The maximum atomic E-state index is 12.0. The molecule has 1 aromatic rings. The van der Waals surface area contributed by atoms with Crippen molar-refractivity contribution in [1.29, 1.82) is 0 Å². The molecule has 6 heteroatoms. The van der Waals surface area contributed by atoms with Gasteiger partial charge in [-0.1, -0.05) is 37.8 Å². The lowest BCUT2D eigenvalue weighted by molar-refractivity contribution is 0.266. The summed E-state index contributed by atoms with van der Waals surface area (Å²) in [6, 6.07) is 0.362. The molecule has 0 spiro atoms. The van der Waals surface area contributed by atoms with Crippen molar-refractivity contribution in [3.63, 3.8) is 0 Å². The van der Waals surface area contributed by atoms with Crippen molar-refractivity contribution < 1.29 is 5.11 Å². The first-order valence-corrected chi connectivity index (χ1v) is 7.66. The molecular formula is C14H22ClN3O2. The number of aliphatic hydroxyl groups is 1. The molecule has 0 saturated heterocycles. The molecule has 0 aromatic carbocycles. The van der Waals surface area contributed by atoms with Gasteiger partial charge in [-0.15, -0.1) is 0 Å². The summed E-state index contributed by atoms with van der Waals surface area (Å²) in [5.41, 5.74) is 0.251. The van der Waals surface area contributed by atoms with E-state index in [-0.39, 0.29) is 23.7 Å². The Labute approximate surface area is 124 Å². The average Bonchev–Trinajstić information content (AvgIpc) is 2.47. The lowest BCUT2D eigenvalue weighted by atomic mass is 9.84. The number of anilines is 1. The lowest BCUT2D eigenvalue weighted by Crippen LogP contribution is -2.30. The highest BCUT2D eigenvalue weighted by molar-refractivity contribution is 6.32. The van der Waals surface area contributed by atoms with E-state index in [0.717, 1.165) is 18.8 Å².